The van der Waals surface area contributed by atoms with Crippen LogP contribution in [-0.4, -0.2) is 28.4 Å². The van der Waals surface area contributed by atoms with E-state index in [0.29, 0.717) is 5.56 Å². The van der Waals surface area contributed by atoms with Gasteiger partial charge in [0.05, 0.1) is 6.33 Å². The molecule has 3 rings (SSSR count). The van der Waals surface area contributed by atoms with Gasteiger partial charge in [-0.3, -0.25) is 4.79 Å². The molecule has 0 amide bonds. The summed E-state index contributed by atoms with van der Waals surface area (Å²) in [6, 6.07) is 15.8. The van der Waals surface area contributed by atoms with Crippen molar-refractivity contribution in [1.29, 1.82) is 0 Å². The highest BCUT2D eigenvalue weighted by Crippen LogP contribution is 2.16. The highest BCUT2D eigenvalue weighted by Gasteiger charge is 2.03. The molecule has 0 atom stereocenters. The molecule has 0 spiro atoms. The molecular formula is C22H23N3O. The van der Waals surface area contributed by atoms with Crippen LogP contribution >= 0.6 is 0 Å². The molecule has 4 nitrogen and oxygen atoms in total. The topological polar surface area (TPSA) is 38.1 Å². The number of carbonyl (C=O) groups is 1. The lowest BCUT2D eigenvalue weighted by Gasteiger charge is -2.20. The molecule has 0 aliphatic heterocycles. The molecule has 132 valence electrons. The second-order valence-corrected chi connectivity index (χ2v) is 5.98. The van der Waals surface area contributed by atoms with Crippen LogP contribution in [0.15, 0.2) is 73.3 Å². The zero-order valence-electron chi connectivity index (χ0n) is 15.2. The van der Waals surface area contributed by atoms with Gasteiger partial charge in [0, 0.05) is 42.4 Å². The summed E-state index contributed by atoms with van der Waals surface area (Å²) in [6.07, 6.45) is 8.82. The molecule has 0 aliphatic rings. The zero-order valence-corrected chi connectivity index (χ0v) is 15.2. The van der Waals surface area contributed by atoms with Crippen molar-refractivity contribution < 1.29 is 4.79 Å². The third kappa shape index (κ3) is 4.09. The quantitative estimate of drug-likeness (QED) is 0.463. The van der Waals surface area contributed by atoms with Crippen LogP contribution in [0.3, 0.4) is 0 Å². The van der Waals surface area contributed by atoms with Crippen molar-refractivity contribution in [2.24, 2.45) is 0 Å². The van der Waals surface area contributed by atoms with Gasteiger partial charge in [0.2, 0.25) is 0 Å². The number of anilines is 1. The summed E-state index contributed by atoms with van der Waals surface area (Å²) < 4.78 is 1.90. The number of rotatable bonds is 7. The lowest BCUT2D eigenvalue weighted by atomic mass is 10.1. The van der Waals surface area contributed by atoms with E-state index in [1.807, 2.05) is 53.2 Å². The van der Waals surface area contributed by atoms with E-state index in [1.165, 1.54) is 5.69 Å². The van der Waals surface area contributed by atoms with Crippen molar-refractivity contribution in [2.45, 2.75) is 13.8 Å². The SMILES string of the molecule is CCN(CC)c1ccc(/C=C/C(=O)c2ccc(-n3ccnc3)cc2)cc1. The van der Waals surface area contributed by atoms with Crippen molar-refractivity contribution in [2.75, 3.05) is 18.0 Å². The largest absolute Gasteiger partial charge is 0.372 e. The molecule has 0 fully saturated rings. The van der Waals surface area contributed by atoms with Crippen molar-refractivity contribution in [3.8, 4) is 5.69 Å². The Bertz CT molecular complexity index is 859. The Morgan fingerprint density at radius 3 is 2.31 bits per heavy atom. The molecule has 0 saturated heterocycles. The lowest BCUT2D eigenvalue weighted by molar-refractivity contribution is 0.104. The van der Waals surface area contributed by atoms with Crippen LogP contribution in [0, 0.1) is 0 Å². The van der Waals surface area contributed by atoms with Gasteiger partial charge in [-0.15, -0.1) is 0 Å². The summed E-state index contributed by atoms with van der Waals surface area (Å²) in [7, 11) is 0. The van der Waals surface area contributed by atoms with Crippen LogP contribution in [0.25, 0.3) is 11.8 Å². The normalized spacial score (nSPS) is 11.0. The van der Waals surface area contributed by atoms with Gasteiger partial charge in [0.1, 0.15) is 0 Å². The molecule has 2 aromatic carbocycles. The number of allylic oxidation sites excluding steroid dienone is 1. The van der Waals surface area contributed by atoms with E-state index in [1.54, 1.807) is 18.6 Å². The number of carbonyl (C=O) groups excluding carboxylic acids is 1. The summed E-state index contributed by atoms with van der Waals surface area (Å²) in [5, 5.41) is 0. The Morgan fingerprint density at radius 1 is 1.04 bits per heavy atom. The average molecular weight is 345 g/mol. The molecule has 4 heteroatoms. The van der Waals surface area contributed by atoms with Crippen LogP contribution < -0.4 is 4.90 Å². The molecule has 0 radical (unpaired) electrons. The van der Waals surface area contributed by atoms with Gasteiger partial charge in [0.25, 0.3) is 0 Å². The molecule has 0 saturated carbocycles. The first-order valence-corrected chi connectivity index (χ1v) is 8.87. The molecule has 0 aliphatic carbocycles. The molecule has 0 unspecified atom stereocenters. The second kappa shape index (κ2) is 8.30. The average Bonchev–Trinajstić information content (AvgIpc) is 3.23. The summed E-state index contributed by atoms with van der Waals surface area (Å²) in [6.45, 7) is 6.26. The molecule has 0 N–H and O–H groups in total. The number of benzene rings is 2. The maximum absolute atomic E-state index is 12.4. The van der Waals surface area contributed by atoms with Gasteiger partial charge < -0.3 is 9.47 Å². The Kier molecular flexibility index (Phi) is 5.64. The Balaban J connectivity index is 1.67. The minimum atomic E-state index is -0.00463. The van der Waals surface area contributed by atoms with E-state index in [-0.39, 0.29) is 5.78 Å². The fourth-order valence-corrected chi connectivity index (χ4v) is 2.86. The summed E-state index contributed by atoms with van der Waals surface area (Å²) >= 11 is 0. The number of aromatic nitrogens is 2. The predicted octanol–water partition coefficient (Wildman–Crippen LogP) is 4.61. The fourth-order valence-electron chi connectivity index (χ4n) is 2.86. The monoisotopic (exact) mass is 345 g/mol. The van der Waals surface area contributed by atoms with Gasteiger partial charge >= 0.3 is 0 Å². The fraction of sp³-hybridized carbons (Fsp3) is 0.182. The highest BCUT2D eigenvalue weighted by molar-refractivity contribution is 6.06. The molecule has 0 bridgehead atoms. The zero-order chi connectivity index (χ0) is 18.4. The number of hydrogen-bond acceptors (Lipinski definition) is 3. The minimum Gasteiger partial charge on any atom is -0.372 e. The van der Waals surface area contributed by atoms with Gasteiger partial charge in [-0.1, -0.05) is 18.2 Å². The van der Waals surface area contributed by atoms with E-state index in [2.05, 4.69) is 35.9 Å². The van der Waals surface area contributed by atoms with Gasteiger partial charge in [0.15, 0.2) is 5.78 Å². The van der Waals surface area contributed by atoms with E-state index in [0.717, 1.165) is 24.3 Å². The first kappa shape index (κ1) is 17.7. The van der Waals surface area contributed by atoms with Gasteiger partial charge in [-0.05, 0) is 61.9 Å². The number of nitrogens with zero attached hydrogens (tertiary/aromatic N) is 3. The van der Waals surface area contributed by atoms with Crippen molar-refractivity contribution in [3.63, 3.8) is 0 Å². The Labute approximate surface area is 154 Å². The lowest BCUT2D eigenvalue weighted by Crippen LogP contribution is -2.21. The molecule has 3 aromatic rings. The van der Waals surface area contributed by atoms with Gasteiger partial charge in [-0.25, -0.2) is 4.98 Å². The summed E-state index contributed by atoms with van der Waals surface area (Å²) in [5.41, 5.74) is 3.87. The maximum atomic E-state index is 12.4. The predicted molar refractivity (Wildman–Crippen MR) is 107 cm³/mol. The van der Waals surface area contributed by atoms with E-state index < -0.39 is 0 Å². The van der Waals surface area contributed by atoms with Crippen LogP contribution in [0.2, 0.25) is 0 Å². The third-order valence-electron chi connectivity index (χ3n) is 4.40. The first-order chi connectivity index (χ1) is 12.7. The van der Waals surface area contributed by atoms with Crippen molar-refractivity contribution >= 4 is 17.5 Å². The Hall–Kier alpha value is -3.14. The van der Waals surface area contributed by atoms with Crippen molar-refractivity contribution in [1.82, 2.24) is 9.55 Å². The van der Waals surface area contributed by atoms with Crippen molar-refractivity contribution in [3.05, 3.63) is 84.5 Å². The molecule has 26 heavy (non-hydrogen) atoms. The highest BCUT2D eigenvalue weighted by atomic mass is 16.1. The first-order valence-electron chi connectivity index (χ1n) is 8.87. The smallest absolute Gasteiger partial charge is 0.185 e. The minimum absolute atomic E-state index is 0.00463. The summed E-state index contributed by atoms with van der Waals surface area (Å²) in [4.78, 5) is 18.7. The third-order valence-corrected chi connectivity index (χ3v) is 4.40. The van der Waals surface area contributed by atoms with Crippen LogP contribution in [0.1, 0.15) is 29.8 Å². The van der Waals surface area contributed by atoms with Crippen LogP contribution in [0.4, 0.5) is 5.69 Å². The Morgan fingerprint density at radius 2 is 1.73 bits per heavy atom. The van der Waals surface area contributed by atoms with E-state index in [4.69, 9.17) is 0 Å². The van der Waals surface area contributed by atoms with E-state index in [9.17, 15) is 4.79 Å². The van der Waals surface area contributed by atoms with E-state index >= 15 is 0 Å². The molecular weight excluding hydrogens is 322 g/mol. The molecule has 1 heterocycles. The second-order valence-electron chi connectivity index (χ2n) is 5.98. The maximum Gasteiger partial charge on any atom is 0.185 e. The number of hydrogen-bond donors (Lipinski definition) is 0. The van der Waals surface area contributed by atoms with Crippen LogP contribution in [0.5, 0.6) is 0 Å². The number of imidazole rings is 1. The molecule has 1 aromatic heterocycles. The van der Waals surface area contributed by atoms with Crippen LogP contribution in [-0.2, 0) is 0 Å². The standard InChI is InChI=1S/C22H23N3O/c1-3-24(4-2)20-10-5-18(6-11-20)7-14-22(26)19-8-12-21(13-9-19)25-16-15-23-17-25/h5-17H,3-4H2,1-2H3/b14-7+. The van der Waals surface area contributed by atoms with Gasteiger partial charge in [-0.2, -0.15) is 0 Å². The summed E-state index contributed by atoms with van der Waals surface area (Å²) in [5.74, 6) is -0.00463. The number of ketones is 1.